The van der Waals surface area contributed by atoms with Crippen LogP contribution in [0.25, 0.3) is 0 Å². The van der Waals surface area contributed by atoms with Gasteiger partial charge >= 0.3 is 12.0 Å². The minimum atomic E-state index is -3.14. The summed E-state index contributed by atoms with van der Waals surface area (Å²) in [5, 5.41) is 2.13. The molecule has 1 aromatic carbocycles. The maximum Gasteiger partial charge on any atom is 0.408 e. The Morgan fingerprint density at radius 1 is 1.56 bits per heavy atom. The highest BCUT2D eigenvalue weighted by Crippen LogP contribution is 2.35. The van der Waals surface area contributed by atoms with Gasteiger partial charge in [0.2, 0.25) is 0 Å². The maximum atomic E-state index is 13.7. The van der Waals surface area contributed by atoms with Crippen LogP contribution >= 0.6 is 0 Å². The van der Waals surface area contributed by atoms with Crippen LogP contribution in [0.5, 0.6) is 5.75 Å². The van der Waals surface area contributed by atoms with E-state index in [2.05, 4.69) is 10.1 Å². The van der Waals surface area contributed by atoms with Crippen LogP contribution in [-0.4, -0.2) is 25.2 Å². The number of alkyl halides is 2. The van der Waals surface area contributed by atoms with Gasteiger partial charge in [-0.1, -0.05) is 12.1 Å². The molecular formula is C12H13F2NO3. The number of hydrogen-bond donors (Lipinski definition) is 1. The van der Waals surface area contributed by atoms with E-state index in [0.717, 1.165) is 0 Å². The van der Waals surface area contributed by atoms with E-state index in [1.807, 2.05) is 0 Å². The van der Waals surface area contributed by atoms with Crippen molar-refractivity contribution in [2.45, 2.75) is 18.9 Å². The highest BCUT2D eigenvalue weighted by molar-refractivity contribution is 5.69. The van der Waals surface area contributed by atoms with Gasteiger partial charge in [-0.15, -0.1) is 0 Å². The molecule has 0 aromatic heterocycles. The monoisotopic (exact) mass is 257 g/mol. The van der Waals surface area contributed by atoms with Crippen molar-refractivity contribution in [3.63, 3.8) is 0 Å². The first-order valence-corrected chi connectivity index (χ1v) is 5.57. The first-order valence-electron chi connectivity index (χ1n) is 5.57. The van der Waals surface area contributed by atoms with Crippen LogP contribution in [0.1, 0.15) is 18.5 Å². The van der Waals surface area contributed by atoms with Crippen molar-refractivity contribution < 1.29 is 23.0 Å². The maximum absolute atomic E-state index is 13.7. The fourth-order valence-corrected chi connectivity index (χ4v) is 1.79. The predicted molar refractivity (Wildman–Crippen MR) is 59.8 cm³/mol. The van der Waals surface area contributed by atoms with Crippen molar-refractivity contribution in [2.24, 2.45) is 0 Å². The lowest BCUT2D eigenvalue weighted by atomic mass is 10.00. The van der Waals surface area contributed by atoms with Gasteiger partial charge in [-0.05, 0) is 24.6 Å². The van der Waals surface area contributed by atoms with Crippen molar-refractivity contribution in [1.29, 1.82) is 0 Å². The van der Waals surface area contributed by atoms with E-state index < -0.39 is 24.7 Å². The van der Waals surface area contributed by atoms with Crippen molar-refractivity contribution in [1.82, 2.24) is 5.32 Å². The lowest BCUT2D eigenvalue weighted by Gasteiger charge is -2.31. The number of carbonyl (C=O) groups is 1. The van der Waals surface area contributed by atoms with Crippen molar-refractivity contribution in [3.8, 4) is 5.75 Å². The molecular weight excluding hydrogens is 244 g/mol. The summed E-state index contributed by atoms with van der Waals surface area (Å²) in [6, 6.07) is 4.91. The van der Waals surface area contributed by atoms with E-state index in [0.29, 0.717) is 17.9 Å². The Labute approximate surface area is 103 Å². The molecule has 1 aliphatic rings. The molecule has 0 saturated carbocycles. The second-order valence-corrected chi connectivity index (χ2v) is 3.92. The Hall–Kier alpha value is -1.85. The van der Waals surface area contributed by atoms with Gasteiger partial charge in [0, 0.05) is 0 Å². The molecule has 4 nitrogen and oxygen atoms in total. The van der Waals surface area contributed by atoms with Gasteiger partial charge in [0.15, 0.2) is 6.61 Å². The number of rotatable bonds is 3. The molecule has 1 saturated heterocycles. The van der Waals surface area contributed by atoms with E-state index >= 15 is 0 Å². The molecule has 2 rings (SSSR count). The molecule has 0 aliphatic carbocycles. The Bertz CT molecular complexity index is 451. The summed E-state index contributed by atoms with van der Waals surface area (Å²) in [5.74, 6) is -2.65. The molecule has 0 spiro atoms. The zero-order valence-corrected chi connectivity index (χ0v) is 9.78. The molecule has 0 unspecified atom stereocenters. The van der Waals surface area contributed by atoms with Gasteiger partial charge in [-0.25, -0.2) is 13.6 Å². The van der Waals surface area contributed by atoms with Gasteiger partial charge < -0.3 is 14.8 Å². The number of amides is 1. The van der Waals surface area contributed by atoms with Crippen LogP contribution in [0, 0.1) is 0 Å². The number of carbonyl (C=O) groups excluding carboxylic acids is 1. The summed E-state index contributed by atoms with van der Waals surface area (Å²) in [5.41, 5.74) is 0.294. The summed E-state index contributed by atoms with van der Waals surface area (Å²) in [6.45, 7) is 1.33. The Morgan fingerprint density at radius 2 is 2.33 bits per heavy atom. The van der Waals surface area contributed by atoms with Gasteiger partial charge in [-0.3, -0.25) is 0 Å². The zero-order chi connectivity index (χ0) is 13.2. The van der Waals surface area contributed by atoms with Crippen LogP contribution in [0.15, 0.2) is 24.3 Å². The SMILES string of the molecule is CCOc1cccc([C@H]2NC(=O)OCC2(F)F)c1. The fourth-order valence-electron chi connectivity index (χ4n) is 1.79. The van der Waals surface area contributed by atoms with Gasteiger partial charge in [0.05, 0.1) is 6.61 Å². The molecule has 1 atom stereocenters. The topological polar surface area (TPSA) is 47.6 Å². The van der Waals surface area contributed by atoms with Crippen molar-refractivity contribution in [3.05, 3.63) is 29.8 Å². The van der Waals surface area contributed by atoms with E-state index in [9.17, 15) is 13.6 Å². The van der Waals surface area contributed by atoms with Crippen LogP contribution in [0.3, 0.4) is 0 Å². The largest absolute Gasteiger partial charge is 0.494 e. The zero-order valence-electron chi connectivity index (χ0n) is 9.78. The summed E-state index contributed by atoms with van der Waals surface area (Å²) in [4.78, 5) is 11.0. The summed E-state index contributed by atoms with van der Waals surface area (Å²) >= 11 is 0. The Kier molecular flexibility index (Phi) is 3.36. The molecule has 1 amide bonds. The summed E-state index contributed by atoms with van der Waals surface area (Å²) in [6.07, 6.45) is -0.840. The van der Waals surface area contributed by atoms with Crippen LogP contribution in [0.2, 0.25) is 0 Å². The Balaban J connectivity index is 2.28. The lowest BCUT2D eigenvalue weighted by molar-refractivity contribution is -0.104. The predicted octanol–water partition coefficient (Wildman–Crippen LogP) is 2.50. The fraction of sp³-hybridized carbons (Fsp3) is 0.417. The van der Waals surface area contributed by atoms with E-state index in [1.165, 1.54) is 12.1 Å². The molecule has 0 radical (unpaired) electrons. The second-order valence-electron chi connectivity index (χ2n) is 3.92. The molecule has 0 bridgehead atoms. The third kappa shape index (κ3) is 2.52. The standard InChI is InChI=1S/C12H13F2NO3/c1-2-17-9-5-3-4-8(6-9)10-12(13,14)7-18-11(16)15-10/h3-6,10H,2,7H2,1H3,(H,15,16)/t10-/m1/s1. The van der Waals surface area contributed by atoms with E-state index in [1.54, 1.807) is 19.1 Å². The number of ether oxygens (including phenoxy) is 2. The number of benzene rings is 1. The normalized spacial score (nSPS) is 21.9. The van der Waals surface area contributed by atoms with Crippen LogP contribution in [-0.2, 0) is 4.74 Å². The smallest absolute Gasteiger partial charge is 0.408 e. The lowest BCUT2D eigenvalue weighted by Crippen LogP contribution is -2.49. The summed E-state index contributed by atoms with van der Waals surface area (Å²) in [7, 11) is 0. The number of cyclic esters (lactones) is 1. The highest BCUT2D eigenvalue weighted by atomic mass is 19.3. The van der Waals surface area contributed by atoms with Crippen LogP contribution < -0.4 is 10.1 Å². The van der Waals surface area contributed by atoms with Gasteiger partial charge in [0.25, 0.3) is 0 Å². The molecule has 6 heteroatoms. The van der Waals surface area contributed by atoms with E-state index in [-0.39, 0.29) is 0 Å². The molecule has 98 valence electrons. The number of hydrogen-bond acceptors (Lipinski definition) is 3. The quantitative estimate of drug-likeness (QED) is 0.905. The summed E-state index contributed by atoms with van der Waals surface area (Å²) < 4.78 is 36.9. The average Bonchev–Trinajstić information content (AvgIpc) is 2.33. The van der Waals surface area contributed by atoms with Crippen molar-refractivity contribution in [2.75, 3.05) is 13.2 Å². The third-order valence-electron chi connectivity index (χ3n) is 2.58. The third-order valence-corrected chi connectivity index (χ3v) is 2.58. The van der Waals surface area contributed by atoms with Crippen LogP contribution in [0.4, 0.5) is 13.6 Å². The number of alkyl carbamates (subject to hydrolysis) is 1. The number of nitrogens with one attached hydrogen (secondary N) is 1. The Morgan fingerprint density at radius 3 is 3.06 bits per heavy atom. The highest BCUT2D eigenvalue weighted by Gasteiger charge is 2.46. The van der Waals surface area contributed by atoms with Crippen molar-refractivity contribution >= 4 is 6.09 Å². The second kappa shape index (κ2) is 4.80. The molecule has 1 fully saturated rings. The molecule has 1 aromatic rings. The molecule has 18 heavy (non-hydrogen) atoms. The number of halogens is 2. The first kappa shape index (κ1) is 12.6. The first-order chi connectivity index (χ1) is 8.53. The minimum absolute atomic E-state index is 0.294. The molecule has 1 N–H and O–H groups in total. The van der Waals surface area contributed by atoms with E-state index in [4.69, 9.17) is 4.74 Å². The minimum Gasteiger partial charge on any atom is -0.494 e. The molecule has 1 heterocycles. The molecule has 1 aliphatic heterocycles. The van der Waals surface area contributed by atoms with Gasteiger partial charge in [-0.2, -0.15) is 0 Å². The average molecular weight is 257 g/mol. The van der Waals surface area contributed by atoms with Gasteiger partial charge in [0.1, 0.15) is 11.8 Å².